The summed E-state index contributed by atoms with van der Waals surface area (Å²) in [5, 5.41) is 0. The quantitative estimate of drug-likeness (QED) is 0.575. The van der Waals surface area contributed by atoms with Crippen LogP contribution in [-0.2, 0) is 0 Å². The Morgan fingerprint density at radius 2 is 2.18 bits per heavy atom. The van der Waals surface area contributed by atoms with Crippen molar-refractivity contribution in [3.05, 3.63) is 29.3 Å². The number of carbonyl (C=O) groups excluding carboxylic acids is 1. The molecule has 58 valence electrons. The van der Waals surface area contributed by atoms with Crippen molar-refractivity contribution in [2.75, 3.05) is 0 Å². The maximum atomic E-state index is 12.7. The molecule has 3 heteroatoms. The molecule has 0 aliphatic carbocycles. The lowest BCUT2D eigenvalue weighted by molar-refractivity contribution is 0.101. The molecule has 1 aromatic heterocycles. The third-order valence-corrected chi connectivity index (χ3v) is 1.53. The Morgan fingerprint density at radius 1 is 1.55 bits per heavy atom. The van der Waals surface area contributed by atoms with E-state index in [2.05, 4.69) is 4.98 Å². The maximum Gasteiger partial charge on any atom is 0.161 e. The molecule has 0 unspecified atom stereocenters. The fourth-order valence-electron chi connectivity index (χ4n) is 0.854. The van der Waals surface area contributed by atoms with Crippen molar-refractivity contribution < 1.29 is 9.18 Å². The summed E-state index contributed by atoms with van der Waals surface area (Å²) in [5.41, 5.74) is 0.720. The summed E-state index contributed by atoms with van der Waals surface area (Å²) < 4.78 is 12.7. The Balaban J connectivity index is 3.27. The summed E-state index contributed by atoms with van der Waals surface area (Å²) in [4.78, 5) is 14.4. The highest BCUT2D eigenvalue weighted by Gasteiger charge is 2.06. The van der Waals surface area contributed by atoms with Gasteiger partial charge in [0.1, 0.15) is 5.82 Å². The fraction of sp³-hybridized carbons (Fsp3) is 0.250. The molecule has 0 aromatic carbocycles. The predicted octanol–water partition coefficient (Wildman–Crippen LogP) is 1.73. The minimum atomic E-state index is -0.433. The molecule has 0 bridgehead atoms. The summed E-state index contributed by atoms with van der Waals surface area (Å²) in [7, 11) is 0. The van der Waals surface area contributed by atoms with Crippen molar-refractivity contribution in [1.29, 1.82) is 0 Å². The lowest BCUT2D eigenvalue weighted by atomic mass is 10.1. The first-order valence-electron chi connectivity index (χ1n) is 3.24. The second kappa shape index (κ2) is 2.78. The number of aromatic nitrogens is 1. The van der Waals surface area contributed by atoms with Gasteiger partial charge in [0.2, 0.25) is 0 Å². The predicted molar refractivity (Wildman–Crippen MR) is 38.9 cm³/mol. The van der Waals surface area contributed by atoms with Crippen LogP contribution < -0.4 is 0 Å². The summed E-state index contributed by atoms with van der Waals surface area (Å²) in [5.74, 6) is -0.591. The van der Waals surface area contributed by atoms with Gasteiger partial charge in [0.25, 0.3) is 0 Å². The Morgan fingerprint density at radius 3 is 2.64 bits per heavy atom. The molecule has 0 saturated carbocycles. The van der Waals surface area contributed by atoms with E-state index in [0.717, 1.165) is 6.20 Å². The molecule has 0 aliphatic heterocycles. The van der Waals surface area contributed by atoms with E-state index in [1.807, 2.05) is 0 Å². The first-order valence-corrected chi connectivity index (χ1v) is 3.24. The first-order chi connectivity index (χ1) is 5.13. The molecular formula is C8H8FNO. The molecule has 0 spiro atoms. The molecule has 0 atom stereocenters. The zero-order valence-corrected chi connectivity index (χ0v) is 6.39. The Labute approximate surface area is 64.1 Å². The van der Waals surface area contributed by atoms with Crippen molar-refractivity contribution in [1.82, 2.24) is 4.98 Å². The van der Waals surface area contributed by atoms with Gasteiger partial charge in [0.15, 0.2) is 5.78 Å². The highest BCUT2D eigenvalue weighted by molar-refractivity contribution is 5.95. The van der Waals surface area contributed by atoms with Crippen LogP contribution in [0.5, 0.6) is 0 Å². The third kappa shape index (κ3) is 1.42. The highest BCUT2D eigenvalue weighted by atomic mass is 19.1. The van der Waals surface area contributed by atoms with Gasteiger partial charge in [-0.2, -0.15) is 0 Å². The van der Waals surface area contributed by atoms with E-state index in [1.165, 1.54) is 13.1 Å². The van der Waals surface area contributed by atoms with Crippen molar-refractivity contribution in [3.8, 4) is 0 Å². The summed E-state index contributed by atoms with van der Waals surface area (Å²) >= 11 is 0. The number of carbonyl (C=O) groups is 1. The topological polar surface area (TPSA) is 30.0 Å². The average Bonchev–Trinajstić information content (AvgIpc) is 1.94. The largest absolute Gasteiger partial charge is 0.294 e. The maximum absolute atomic E-state index is 12.7. The van der Waals surface area contributed by atoms with Gasteiger partial charge in [0.05, 0.1) is 6.20 Å². The van der Waals surface area contributed by atoms with Crippen LogP contribution in [0.4, 0.5) is 4.39 Å². The fourth-order valence-corrected chi connectivity index (χ4v) is 0.854. The average molecular weight is 153 g/mol. The van der Waals surface area contributed by atoms with Crippen molar-refractivity contribution in [3.63, 3.8) is 0 Å². The van der Waals surface area contributed by atoms with Crippen molar-refractivity contribution in [2.24, 2.45) is 0 Å². The van der Waals surface area contributed by atoms with E-state index in [-0.39, 0.29) is 5.78 Å². The number of halogens is 1. The Kier molecular flexibility index (Phi) is 1.98. The standard InChI is InChI=1S/C8H8FNO/c1-5-7(6(2)11)3-10-4-8(5)9/h3-4H,1-2H3. The van der Waals surface area contributed by atoms with Gasteiger partial charge in [-0.05, 0) is 19.4 Å². The smallest absolute Gasteiger partial charge is 0.161 e. The first kappa shape index (κ1) is 7.85. The number of ketones is 1. The van der Waals surface area contributed by atoms with Gasteiger partial charge in [-0.25, -0.2) is 4.39 Å². The summed E-state index contributed by atoms with van der Waals surface area (Å²) in [6.07, 6.45) is 2.47. The van der Waals surface area contributed by atoms with E-state index in [4.69, 9.17) is 0 Å². The van der Waals surface area contributed by atoms with Crippen LogP contribution in [0.25, 0.3) is 0 Å². The second-order valence-corrected chi connectivity index (χ2v) is 2.35. The highest BCUT2D eigenvalue weighted by Crippen LogP contribution is 2.09. The Hall–Kier alpha value is -1.25. The molecule has 0 amide bonds. The Bertz CT molecular complexity index is 296. The molecule has 2 nitrogen and oxygen atoms in total. The van der Waals surface area contributed by atoms with Gasteiger partial charge in [-0.3, -0.25) is 9.78 Å². The van der Waals surface area contributed by atoms with Gasteiger partial charge >= 0.3 is 0 Å². The number of pyridine rings is 1. The van der Waals surface area contributed by atoms with E-state index in [9.17, 15) is 9.18 Å². The normalized spacial score (nSPS) is 9.73. The van der Waals surface area contributed by atoms with Crippen molar-refractivity contribution >= 4 is 5.78 Å². The van der Waals surface area contributed by atoms with Crippen molar-refractivity contribution in [2.45, 2.75) is 13.8 Å². The monoisotopic (exact) mass is 153 g/mol. The van der Waals surface area contributed by atoms with E-state index in [0.29, 0.717) is 11.1 Å². The molecule has 0 saturated heterocycles. The number of nitrogens with zero attached hydrogens (tertiary/aromatic N) is 1. The van der Waals surface area contributed by atoms with Crippen LogP contribution in [0, 0.1) is 12.7 Å². The zero-order valence-electron chi connectivity index (χ0n) is 6.39. The summed E-state index contributed by atoms with van der Waals surface area (Å²) in [6, 6.07) is 0. The minimum Gasteiger partial charge on any atom is -0.294 e. The zero-order chi connectivity index (χ0) is 8.43. The number of rotatable bonds is 1. The van der Waals surface area contributed by atoms with Gasteiger partial charge in [0, 0.05) is 11.8 Å². The van der Waals surface area contributed by atoms with Crippen LogP contribution in [0.3, 0.4) is 0 Å². The van der Waals surface area contributed by atoms with Crippen LogP contribution >= 0.6 is 0 Å². The van der Waals surface area contributed by atoms with Gasteiger partial charge in [-0.1, -0.05) is 0 Å². The molecule has 0 fully saturated rings. The number of hydrogen-bond donors (Lipinski definition) is 0. The van der Waals surface area contributed by atoms with Crippen LogP contribution in [0.2, 0.25) is 0 Å². The molecule has 0 radical (unpaired) electrons. The summed E-state index contributed by atoms with van der Waals surface area (Å²) in [6.45, 7) is 2.96. The number of hydrogen-bond acceptors (Lipinski definition) is 2. The van der Waals surface area contributed by atoms with Crippen LogP contribution in [0.1, 0.15) is 22.8 Å². The molecular weight excluding hydrogens is 145 g/mol. The van der Waals surface area contributed by atoms with Crippen LogP contribution in [-0.4, -0.2) is 10.8 Å². The molecule has 0 N–H and O–H groups in total. The second-order valence-electron chi connectivity index (χ2n) is 2.35. The van der Waals surface area contributed by atoms with E-state index in [1.54, 1.807) is 6.92 Å². The van der Waals surface area contributed by atoms with E-state index < -0.39 is 5.82 Å². The van der Waals surface area contributed by atoms with Crippen LogP contribution in [0.15, 0.2) is 12.4 Å². The lowest BCUT2D eigenvalue weighted by Gasteiger charge is -1.99. The molecule has 11 heavy (non-hydrogen) atoms. The van der Waals surface area contributed by atoms with Gasteiger partial charge in [-0.15, -0.1) is 0 Å². The third-order valence-electron chi connectivity index (χ3n) is 1.53. The molecule has 1 rings (SSSR count). The van der Waals surface area contributed by atoms with Gasteiger partial charge < -0.3 is 0 Å². The molecule has 1 aromatic rings. The SMILES string of the molecule is CC(=O)c1cncc(F)c1C. The minimum absolute atomic E-state index is 0.158. The molecule has 1 heterocycles. The molecule has 0 aliphatic rings. The lowest BCUT2D eigenvalue weighted by Crippen LogP contribution is -1.99. The number of Topliss-reactive ketones (excluding diaryl/α,β-unsaturated/α-hetero) is 1. The van der Waals surface area contributed by atoms with E-state index >= 15 is 0 Å².